The Labute approximate surface area is 161 Å². The van der Waals surface area contributed by atoms with E-state index in [1.165, 1.54) is 6.07 Å². The van der Waals surface area contributed by atoms with Crippen molar-refractivity contribution in [3.05, 3.63) is 54.0 Å². The number of benzene rings is 1. The standard InChI is InChI=1S/C21H22F2N4O/c1-12-5-18(16-8-15(22)9-17(23)21(16)25-12)26-10-13-6-19(27-4-2-3-24-27)20(28)7-14(13)11-26/h2-5,8-9,13-14,19-20,28H,6-7,10-11H2,1H3/t13-,14+,19-,20-/m1/s1. The summed E-state index contributed by atoms with van der Waals surface area (Å²) in [5.74, 6) is -0.475. The number of fused-ring (bicyclic) bond motifs is 2. The highest BCUT2D eigenvalue weighted by Crippen LogP contribution is 2.43. The highest BCUT2D eigenvalue weighted by Gasteiger charge is 2.43. The first-order valence-electron chi connectivity index (χ1n) is 9.68. The molecule has 7 heteroatoms. The lowest BCUT2D eigenvalue weighted by Crippen LogP contribution is -2.36. The van der Waals surface area contributed by atoms with Crippen LogP contribution >= 0.6 is 0 Å². The molecule has 4 atom stereocenters. The Bertz CT molecular complexity index is 1020. The molecule has 0 bridgehead atoms. The van der Waals surface area contributed by atoms with E-state index < -0.39 is 17.7 Å². The number of aliphatic hydroxyl groups is 1. The van der Waals surface area contributed by atoms with Gasteiger partial charge in [-0.25, -0.2) is 13.8 Å². The van der Waals surface area contributed by atoms with Gasteiger partial charge in [0.25, 0.3) is 0 Å². The Morgan fingerprint density at radius 2 is 1.89 bits per heavy atom. The number of anilines is 1. The molecule has 3 aromatic rings. The Hall–Kier alpha value is -2.54. The molecule has 1 saturated heterocycles. The summed E-state index contributed by atoms with van der Waals surface area (Å²) in [6, 6.07) is 5.99. The van der Waals surface area contributed by atoms with E-state index in [-0.39, 0.29) is 11.6 Å². The molecule has 1 aliphatic heterocycles. The fraction of sp³-hybridized carbons (Fsp3) is 0.429. The first-order chi connectivity index (χ1) is 13.5. The molecule has 28 heavy (non-hydrogen) atoms. The van der Waals surface area contributed by atoms with Crippen LogP contribution in [0.1, 0.15) is 24.6 Å². The molecule has 0 spiro atoms. The van der Waals surface area contributed by atoms with Crippen LogP contribution < -0.4 is 4.90 Å². The summed E-state index contributed by atoms with van der Waals surface area (Å²) in [4.78, 5) is 6.47. The summed E-state index contributed by atoms with van der Waals surface area (Å²) in [7, 11) is 0. The van der Waals surface area contributed by atoms with Gasteiger partial charge in [0.05, 0.1) is 12.1 Å². The number of pyridine rings is 1. The largest absolute Gasteiger partial charge is 0.391 e. The summed E-state index contributed by atoms with van der Waals surface area (Å²) in [6.45, 7) is 3.39. The molecule has 2 fully saturated rings. The quantitative estimate of drug-likeness (QED) is 0.735. The Morgan fingerprint density at radius 1 is 1.11 bits per heavy atom. The van der Waals surface area contributed by atoms with Gasteiger partial charge in [0.15, 0.2) is 5.82 Å². The van der Waals surface area contributed by atoms with E-state index in [0.717, 1.165) is 31.3 Å². The molecular formula is C21H22F2N4O. The molecule has 2 aliphatic rings. The number of rotatable bonds is 2. The Kier molecular flexibility index (Phi) is 4.08. The summed E-state index contributed by atoms with van der Waals surface area (Å²) in [5, 5.41) is 15.5. The van der Waals surface area contributed by atoms with E-state index >= 15 is 0 Å². The Morgan fingerprint density at radius 3 is 2.64 bits per heavy atom. The lowest BCUT2D eigenvalue weighted by molar-refractivity contribution is 0.0306. The maximum atomic E-state index is 14.3. The first-order valence-corrected chi connectivity index (χ1v) is 9.68. The smallest absolute Gasteiger partial charge is 0.152 e. The third-order valence-corrected chi connectivity index (χ3v) is 6.25. The van der Waals surface area contributed by atoms with Gasteiger partial charge in [0.1, 0.15) is 11.3 Å². The molecule has 1 aliphatic carbocycles. The van der Waals surface area contributed by atoms with Crippen LogP contribution in [-0.2, 0) is 0 Å². The van der Waals surface area contributed by atoms with Gasteiger partial charge >= 0.3 is 0 Å². The van der Waals surface area contributed by atoms with E-state index in [4.69, 9.17) is 0 Å². The summed E-state index contributed by atoms with van der Waals surface area (Å²) < 4.78 is 30.0. The molecule has 146 valence electrons. The molecule has 2 aromatic heterocycles. The van der Waals surface area contributed by atoms with Gasteiger partial charge in [0.2, 0.25) is 0 Å². The van der Waals surface area contributed by atoms with Crippen LogP contribution in [-0.4, -0.2) is 39.1 Å². The maximum absolute atomic E-state index is 14.3. The molecule has 0 radical (unpaired) electrons. The van der Waals surface area contributed by atoms with Crippen molar-refractivity contribution in [1.82, 2.24) is 14.8 Å². The molecule has 0 amide bonds. The number of aliphatic hydroxyl groups excluding tert-OH is 1. The van der Waals surface area contributed by atoms with Gasteiger partial charge in [-0.2, -0.15) is 5.10 Å². The fourth-order valence-corrected chi connectivity index (χ4v) is 4.99. The molecular weight excluding hydrogens is 362 g/mol. The second-order valence-electron chi connectivity index (χ2n) is 8.08. The minimum absolute atomic E-state index is 0.0259. The Balaban J connectivity index is 1.48. The maximum Gasteiger partial charge on any atom is 0.152 e. The van der Waals surface area contributed by atoms with E-state index in [1.807, 2.05) is 29.9 Å². The predicted molar refractivity (Wildman–Crippen MR) is 102 cm³/mol. The van der Waals surface area contributed by atoms with Crippen LogP contribution in [0.25, 0.3) is 10.9 Å². The highest BCUT2D eigenvalue weighted by atomic mass is 19.1. The average molecular weight is 384 g/mol. The molecule has 5 nitrogen and oxygen atoms in total. The van der Waals surface area contributed by atoms with Crippen LogP contribution in [0.5, 0.6) is 0 Å². The van der Waals surface area contributed by atoms with Gasteiger partial charge in [-0.3, -0.25) is 4.68 Å². The zero-order valence-corrected chi connectivity index (χ0v) is 15.6. The normalized spacial score (nSPS) is 27.4. The van der Waals surface area contributed by atoms with Crippen LogP contribution in [0.15, 0.2) is 36.7 Å². The van der Waals surface area contributed by atoms with Crippen molar-refractivity contribution in [3.63, 3.8) is 0 Å². The van der Waals surface area contributed by atoms with Crippen LogP contribution in [0.2, 0.25) is 0 Å². The second-order valence-corrected chi connectivity index (χ2v) is 8.08. The second kappa shape index (κ2) is 6.51. The summed E-state index contributed by atoms with van der Waals surface area (Å²) >= 11 is 0. The lowest BCUT2D eigenvalue weighted by Gasteiger charge is -2.35. The zero-order chi connectivity index (χ0) is 19.4. The predicted octanol–water partition coefficient (Wildman–Crippen LogP) is 3.47. The van der Waals surface area contributed by atoms with Gasteiger partial charge in [-0.1, -0.05) is 0 Å². The van der Waals surface area contributed by atoms with Crippen molar-refractivity contribution in [2.24, 2.45) is 11.8 Å². The topological polar surface area (TPSA) is 54.2 Å². The van der Waals surface area contributed by atoms with Gasteiger partial charge in [-0.05, 0) is 49.8 Å². The first kappa shape index (κ1) is 17.6. The van der Waals surface area contributed by atoms with Gasteiger partial charge in [0, 0.05) is 48.3 Å². The van der Waals surface area contributed by atoms with E-state index in [0.29, 0.717) is 29.3 Å². The van der Waals surface area contributed by atoms with Crippen molar-refractivity contribution in [3.8, 4) is 0 Å². The summed E-state index contributed by atoms with van der Waals surface area (Å²) in [5.41, 5.74) is 1.73. The molecule has 1 saturated carbocycles. The number of hydrogen-bond donors (Lipinski definition) is 1. The van der Waals surface area contributed by atoms with E-state index in [9.17, 15) is 13.9 Å². The average Bonchev–Trinajstić information content (AvgIpc) is 3.30. The van der Waals surface area contributed by atoms with Crippen molar-refractivity contribution < 1.29 is 13.9 Å². The van der Waals surface area contributed by atoms with Crippen LogP contribution in [0.3, 0.4) is 0 Å². The minimum Gasteiger partial charge on any atom is -0.391 e. The van der Waals surface area contributed by atoms with Gasteiger partial charge in [-0.15, -0.1) is 0 Å². The number of halogens is 2. The molecule has 1 N–H and O–H groups in total. The third-order valence-electron chi connectivity index (χ3n) is 6.25. The molecule has 0 unspecified atom stereocenters. The molecule has 3 heterocycles. The SMILES string of the molecule is Cc1cc(N2C[C@H]3C[C@@H](n4cccn4)[C@H](O)C[C@H]3C2)c2cc(F)cc(F)c2n1. The molecule has 5 rings (SSSR count). The van der Waals surface area contributed by atoms with Crippen LogP contribution in [0, 0.1) is 30.4 Å². The van der Waals surface area contributed by atoms with Crippen molar-refractivity contribution in [2.45, 2.75) is 31.9 Å². The zero-order valence-electron chi connectivity index (χ0n) is 15.6. The van der Waals surface area contributed by atoms with Crippen molar-refractivity contribution in [2.75, 3.05) is 18.0 Å². The third kappa shape index (κ3) is 2.85. The van der Waals surface area contributed by atoms with E-state index in [2.05, 4.69) is 15.0 Å². The molecule has 1 aromatic carbocycles. The number of hydrogen-bond acceptors (Lipinski definition) is 4. The number of aryl methyl sites for hydroxylation is 1. The van der Waals surface area contributed by atoms with Crippen molar-refractivity contribution >= 4 is 16.6 Å². The number of nitrogens with zero attached hydrogens (tertiary/aromatic N) is 4. The summed E-state index contributed by atoms with van der Waals surface area (Å²) in [6.07, 6.45) is 4.73. The van der Waals surface area contributed by atoms with E-state index in [1.54, 1.807) is 6.20 Å². The monoisotopic (exact) mass is 384 g/mol. The fourth-order valence-electron chi connectivity index (χ4n) is 4.99. The van der Waals surface area contributed by atoms with Crippen molar-refractivity contribution in [1.29, 1.82) is 0 Å². The highest BCUT2D eigenvalue weighted by molar-refractivity contribution is 5.92. The lowest BCUT2D eigenvalue weighted by atomic mass is 9.77. The minimum atomic E-state index is -0.634. The van der Waals surface area contributed by atoms with Crippen LogP contribution in [0.4, 0.5) is 14.5 Å². The number of aromatic nitrogens is 3. The van der Waals surface area contributed by atoms with Gasteiger partial charge < -0.3 is 10.0 Å².